The molecule has 8 nitrogen and oxygen atoms in total. The fourth-order valence-electron chi connectivity index (χ4n) is 5.47. The number of ether oxygens (including phenoxy) is 2. The predicted molar refractivity (Wildman–Crippen MR) is 127 cm³/mol. The molecule has 3 saturated heterocycles. The second-order valence-electron chi connectivity index (χ2n) is 8.94. The van der Waals surface area contributed by atoms with Crippen LogP contribution in [0.1, 0.15) is 39.0 Å². The molecule has 2 bridgehead atoms. The zero-order valence-corrected chi connectivity index (χ0v) is 20.9. The Morgan fingerprint density at radius 1 is 1.36 bits per heavy atom. The van der Waals surface area contributed by atoms with Crippen LogP contribution in [-0.2, 0) is 23.9 Å². The topological polar surface area (TPSA) is 96.4 Å². The van der Waals surface area contributed by atoms with Gasteiger partial charge >= 0.3 is 5.97 Å². The molecule has 184 valence electrons. The third-order valence-electron chi connectivity index (χ3n) is 6.86. The number of esters is 1. The van der Waals surface area contributed by atoms with E-state index >= 15 is 0 Å². The van der Waals surface area contributed by atoms with Gasteiger partial charge in [0.05, 0.1) is 24.5 Å². The molecule has 1 N–H and O–H groups in total. The second-order valence-corrected chi connectivity index (χ2v) is 10.1. The lowest BCUT2D eigenvalue weighted by Crippen LogP contribution is -2.57. The van der Waals surface area contributed by atoms with Crippen LogP contribution in [0.5, 0.6) is 0 Å². The molecule has 33 heavy (non-hydrogen) atoms. The summed E-state index contributed by atoms with van der Waals surface area (Å²) in [4.78, 5) is 43.7. The molecule has 0 aromatic carbocycles. The highest BCUT2D eigenvalue weighted by Gasteiger charge is 2.77. The summed E-state index contributed by atoms with van der Waals surface area (Å²) in [6, 6.07) is -0.852. The molecule has 3 aliphatic rings. The quantitative estimate of drug-likeness (QED) is 0.171. The van der Waals surface area contributed by atoms with Crippen LogP contribution in [0.25, 0.3) is 0 Å². The standard InChI is InChI=1S/C24H35BrN2O6/c1-4-7-11-26(10-6-3)22(30)20-24-15-16(25)19(33-24)17(23(31)32-14-8-5-2)18(24)21(29)27(20)12-9-13-28/h5-6,16-20,28H,2-4,7-15H2,1H3/t16?,17-,18+,19-,20?,24?/m1/s1. The Balaban J connectivity index is 1.97. The van der Waals surface area contributed by atoms with E-state index in [1.165, 1.54) is 4.90 Å². The molecular formula is C24H35BrN2O6. The maximum Gasteiger partial charge on any atom is 0.312 e. The van der Waals surface area contributed by atoms with E-state index in [0.29, 0.717) is 32.4 Å². The average molecular weight is 527 g/mol. The molecule has 3 fully saturated rings. The molecule has 0 aromatic rings. The van der Waals surface area contributed by atoms with Gasteiger partial charge in [-0.25, -0.2) is 0 Å². The fraction of sp³-hybridized carbons (Fsp3) is 0.708. The summed E-state index contributed by atoms with van der Waals surface area (Å²) in [5.41, 5.74) is -1.10. The van der Waals surface area contributed by atoms with Crippen molar-refractivity contribution in [3.8, 4) is 0 Å². The third-order valence-corrected chi connectivity index (χ3v) is 7.71. The van der Waals surface area contributed by atoms with Crippen LogP contribution in [0.2, 0.25) is 0 Å². The molecule has 9 heteroatoms. The van der Waals surface area contributed by atoms with Crippen molar-refractivity contribution in [3.05, 3.63) is 25.3 Å². The number of carbonyl (C=O) groups is 3. The van der Waals surface area contributed by atoms with Crippen molar-refractivity contribution < 1.29 is 29.0 Å². The minimum absolute atomic E-state index is 0.105. The first kappa shape index (κ1) is 25.9. The maximum atomic E-state index is 13.9. The van der Waals surface area contributed by atoms with Gasteiger partial charge < -0.3 is 24.4 Å². The number of rotatable bonds is 13. The molecule has 0 radical (unpaired) electrons. The van der Waals surface area contributed by atoms with Gasteiger partial charge in [-0.05, 0) is 25.7 Å². The molecular weight excluding hydrogens is 492 g/mol. The fourth-order valence-corrected chi connectivity index (χ4v) is 6.41. The minimum atomic E-state index is -1.10. The minimum Gasteiger partial charge on any atom is -0.465 e. The van der Waals surface area contributed by atoms with Crippen molar-refractivity contribution in [1.29, 1.82) is 0 Å². The largest absolute Gasteiger partial charge is 0.465 e. The van der Waals surface area contributed by atoms with Crippen molar-refractivity contribution >= 4 is 33.7 Å². The lowest BCUT2D eigenvalue weighted by Gasteiger charge is -2.37. The number of halogens is 1. The summed E-state index contributed by atoms with van der Waals surface area (Å²) < 4.78 is 11.9. The zero-order chi connectivity index (χ0) is 24.2. The number of nitrogens with zero attached hydrogens (tertiary/aromatic N) is 2. The van der Waals surface area contributed by atoms with E-state index in [1.807, 2.05) is 0 Å². The highest BCUT2D eigenvalue weighted by Crippen LogP contribution is 2.60. The summed E-state index contributed by atoms with van der Waals surface area (Å²) >= 11 is 3.64. The van der Waals surface area contributed by atoms with Crippen LogP contribution in [0.15, 0.2) is 25.3 Å². The molecule has 2 amide bonds. The second kappa shape index (κ2) is 11.1. The molecule has 0 saturated carbocycles. The van der Waals surface area contributed by atoms with E-state index in [2.05, 4.69) is 36.0 Å². The summed E-state index contributed by atoms with van der Waals surface area (Å²) in [5.74, 6) is -2.51. The molecule has 0 aromatic heterocycles. The Hall–Kier alpha value is -1.71. The molecule has 3 rings (SSSR count). The lowest BCUT2D eigenvalue weighted by molar-refractivity contribution is -0.155. The van der Waals surface area contributed by atoms with Crippen LogP contribution >= 0.6 is 15.9 Å². The Morgan fingerprint density at radius 2 is 2.12 bits per heavy atom. The van der Waals surface area contributed by atoms with E-state index < -0.39 is 35.6 Å². The van der Waals surface area contributed by atoms with Crippen molar-refractivity contribution in [1.82, 2.24) is 9.80 Å². The number of hydrogen-bond acceptors (Lipinski definition) is 6. The number of fused-ring (bicyclic) bond motifs is 1. The van der Waals surface area contributed by atoms with Gasteiger partial charge in [0.2, 0.25) is 11.8 Å². The molecule has 0 aliphatic carbocycles. The summed E-state index contributed by atoms with van der Waals surface area (Å²) in [6.45, 7) is 10.7. The number of hydrogen-bond donors (Lipinski definition) is 1. The van der Waals surface area contributed by atoms with Gasteiger partial charge in [-0.3, -0.25) is 14.4 Å². The van der Waals surface area contributed by atoms with Crippen LogP contribution in [0.4, 0.5) is 0 Å². The predicted octanol–water partition coefficient (Wildman–Crippen LogP) is 2.05. The SMILES string of the molecule is C=CCCOC(=O)[C@H]1[C@@H]2OC3(CC2Br)C(C(=O)N(CC=C)CCCC)N(CCCO)C(=O)[C@H]13. The number of likely N-dealkylation sites (tertiary alicyclic amines) is 1. The lowest BCUT2D eigenvalue weighted by atomic mass is 9.70. The number of carbonyl (C=O) groups excluding carboxylic acids is 3. The van der Waals surface area contributed by atoms with Crippen LogP contribution in [-0.4, -0.2) is 88.1 Å². The molecule has 6 atom stereocenters. The van der Waals surface area contributed by atoms with Gasteiger partial charge in [-0.2, -0.15) is 0 Å². The zero-order valence-electron chi connectivity index (χ0n) is 19.3. The molecule has 3 aliphatic heterocycles. The number of amides is 2. The van der Waals surface area contributed by atoms with Gasteiger partial charge in [0.15, 0.2) is 0 Å². The molecule has 3 unspecified atom stereocenters. The Morgan fingerprint density at radius 3 is 2.76 bits per heavy atom. The van der Waals surface area contributed by atoms with Crippen LogP contribution < -0.4 is 0 Å². The summed E-state index contributed by atoms with van der Waals surface area (Å²) in [6.07, 6.45) is 5.87. The van der Waals surface area contributed by atoms with Crippen molar-refractivity contribution in [2.45, 2.75) is 61.6 Å². The van der Waals surface area contributed by atoms with Crippen LogP contribution in [0.3, 0.4) is 0 Å². The Bertz CT molecular complexity index is 776. The highest BCUT2D eigenvalue weighted by atomic mass is 79.9. The van der Waals surface area contributed by atoms with Gasteiger partial charge in [-0.1, -0.05) is 41.4 Å². The number of aliphatic hydroxyl groups is 1. The summed E-state index contributed by atoms with van der Waals surface area (Å²) in [7, 11) is 0. The van der Waals surface area contributed by atoms with E-state index in [-0.39, 0.29) is 36.4 Å². The van der Waals surface area contributed by atoms with E-state index in [9.17, 15) is 19.5 Å². The smallest absolute Gasteiger partial charge is 0.312 e. The molecule has 1 spiro atoms. The van der Waals surface area contributed by atoms with E-state index in [4.69, 9.17) is 9.47 Å². The summed E-state index contributed by atoms with van der Waals surface area (Å²) in [5, 5.41) is 9.42. The van der Waals surface area contributed by atoms with Crippen molar-refractivity contribution in [2.24, 2.45) is 11.8 Å². The third kappa shape index (κ3) is 4.64. The first-order valence-corrected chi connectivity index (χ1v) is 12.7. The first-order valence-electron chi connectivity index (χ1n) is 11.8. The van der Waals surface area contributed by atoms with Gasteiger partial charge in [0.1, 0.15) is 11.6 Å². The number of aliphatic hydroxyl groups excluding tert-OH is 1. The van der Waals surface area contributed by atoms with E-state index in [0.717, 1.165) is 12.8 Å². The van der Waals surface area contributed by atoms with Gasteiger partial charge in [0.25, 0.3) is 0 Å². The molecule has 3 heterocycles. The number of unbranched alkanes of at least 4 members (excludes halogenated alkanes) is 1. The van der Waals surface area contributed by atoms with Gasteiger partial charge in [-0.15, -0.1) is 13.2 Å². The average Bonchev–Trinajstić information content (AvgIpc) is 3.38. The Kier molecular flexibility index (Phi) is 8.75. The van der Waals surface area contributed by atoms with Crippen molar-refractivity contribution in [3.63, 3.8) is 0 Å². The Labute approximate surface area is 204 Å². The normalized spacial score (nSPS) is 32.0. The van der Waals surface area contributed by atoms with E-state index in [1.54, 1.807) is 17.1 Å². The highest BCUT2D eigenvalue weighted by molar-refractivity contribution is 9.09. The first-order chi connectivity index (χ1) is 15.9. The maximum absolute atomic E-state index is 13.9. The van der Waals surface area contributed by atoms with Gasteiger partial charge in [0, 0.05) is 31.1 Å². The monoisotopic (exact) mass is 526 g/mol. The number of alkyl halides is 1. The van der Waals surface area contributed by atoms with Crippen LogP contribution in [0, 0.1) is 11.8 Å². The van der Waals surface area contributed by atoms with Crippen molar-refractivity contribution in [2.75, 3.05) is 32.8 Å².